The molecule has 1 atom stereocenters. The van der Waals surface area contributed by atoms with E-state index >= 15 is 0 Å². The second kappa shape index (κ2) is 8.12. The van der Waals surface area contributed by atoms with E-state index in [1.54, 1.807) is 0 Å². The normalized spacial score (nSPS) is 15.4. The van der Waals surface area contributed by atoms with Gasteiger partial charge in [0, 0.05) is 0 Å². The van der Waals surface area contributed by atoms with Crippen molar-refractivity contribution in [3.05, 3.63) is 12.2 Å². The average molecular weight is 473 g/mol. The quantitative estimate of drug-likeness (QED) is 0.348. The maximum atomic E-state index is 11.5. The molecule has 0 aromatic heterocycles. The van der Waals surface area contributed by atoms with E-state index in [-0.39, 0.29) is 31.5 Å². The molecule has 0 bridgehead atoms. The summed E-state index contributed by atoms with van der Waals surface area (Å²) < 4.78 is 0.976. The predicted molar refractivity (Wildman–Crippen MR) is 71.7 cm³/mol. The van der Waals surface area contributed by atoms with Crippen molar-refractivity contribution in [2.45, 2.75) is 23.4 Å². The van der Waals surface area contributed by atoms with Crippen LogP contribution in [0.4, 0.5) is 0 Å². The van der Waals surface area contributed by atoms with Crippen molar-refractivity contribution in [1.82, 2.24) is 15.5 Å². The first-order chi connectivity index (χ1) is 9.43. The summed E-state index contributed by atoms with van der Waals surface area (Å²) in [4.78, 5) is 46.3. The molecule has 20 heavy (non-hydrogen) atoms. The second-order valence-electron chi connectivity index (χ2n) is 4.37. The molecule has 3 radical (unpaired) electrons. The number of amides is 4. The first-order valence-electron chi connectivity index (χ1n) is 6.18. The Hall–Kier alpha value is -1.26. The van der Waals surface area contributed by atoms with E-state index in [1.807, 2.05) is 6.92 Å². The zero-order valence-electron chi connectivity index (χ0n) is 11.1. The number of rotatable bonds is 7. The number of nitrogens with zero attached hydrogens (tertiary/aromatic N) is 1. The minimum atomic E-state index is -0.496. The van der Waals surface area contributed by atoms with Gasteiger partial charge in [-0.1, -0.05) is 0 Å². The molecular formula is C12H16N3O4Pb. The first-order valence-corrected chi connectivity index (χ1v) is 8.93. The number of imide groups is 1. The van der Waals surface area contributed by atoms with Gasteiger partial charge in [-0.3, -0.25) is 0 Å². The zero-order valence-corrected chi connectivity index (χ0v) is 15.0. The Morgan fingerprint density at radius 1 is 1.25 bits per heavy atom. The molecule has 107 valence electrons. The van der Waals surface area contributed by atoms with Crippen LogP contribution in [0.15, 0.2) is 12.2 Å². The molecule has 1 unspecified atom stereocenters. The van der Waals surface area contributed by atoms with Crippen LogP contribution in [0.5, 0.6) is 0 Å². The minimum absolute atomic E-state index is 0.122. The van der Waals surface area contributed by atoms with E-state index in [9.17, 15) is 19.2 Å². The molecule has 0 spiro atoms. The second-order valence-corrected chi connectivity index (χ2v) is 5.96. The average Bonchev–Trinajstić information content (AvgIpc) is 2.70. The van der Waals surface area contributed by atoms with Crippen molar-refractivity contribution in [2.75, 3.05) is 13.1 Å². The van der Waals surface area contributed by atoms with Gasteiger partial charge in [-0.2, -0.15) is 0 Å². The topological polar surface area (TPSA) is 95.6 Å². The summed E-state index contributed by atoms with van der Waals surface area (Å²) in [5.74, 6) is -1.57. The number of hydrogen-bond acceptors (Lipinski definition) is 4. The van der Waals surface area contributed by atoms with Crippen LogP contribution < -0.4 is 10.6 Å². The van der Waals surface area contributed by atoms with Gasteiger partial charge in [0.25, 0.3) is 0 Å². The Bertz CT molecular complexity index is 432. The van der Waals surface area contributed by atoms with Crippen LogP contribution in [0.25, 0.3) is 0 Å². The van der Waals surface area contributed by atoms with Gasteiger partial charge in [-0.15, -0.1) is 0 Å². The van der Waals surface area contributed by atoms with E-state index in [2.05, 4.69) is 10.6 Å². The van der Waals surface area contributed by atoms with Crippen LogP contribution >= 0.6 is 0 Å². The first kappa shape index (κ1) is 16.8. The Morgan fingerprint density at radius 3 is 2.40 bits per heavy atom. The Morgan fingerprint density at radius 2 is 1.85 bits per heavy atom. The van der Waals surface area contributed by atoms with Gasteiger partial charge >= 0.3 is 133 Å². The van der Waals surface area contributed by atoms with Gasteiger partial charge in [0.05, 0.1) is 0 Å². The summed E-state index contributed by atoms with van der Waals surface area (Å²) in [6.45, 7) is 1.80. The van der Waals surface area contributed by atoms with Crippen molar-refractivity contribution in [3.63, 3.8) is 0 Å². The fourth-order valence-electron chi connectivity index (χ4n) is 1.50. The number of carbonyl (C=O) groups excluding carboxylic acids is 4. The number of carbonyl (C=O) groups is 4. The van der Waals surface area contributed by atoms with Crippen LogP contribution in [0.1, 0.15) is 13.3 Å². The predicted octanol–water partition coefficient (Wildman–Crippen LogP) is -1.49. The summed E-state index contributed by atoms with van der Waals surface area (Å²) >= 11 is 1.02. The van der Waals surface area contributed by atoms with Crippen molar-refractivity contribution in [3.8, 4) is 0 Å². The van der Waals surface area contributed by atoms with E-state index < -0.39 is 17.7 Å². The monoisotopic (exact) mass is 474 g/mol. The van der Waals surface area contributed by atoms with Crippen molar-refractivity contribution in [1.29, 1.82) is 0 Å². The molecule has 0 saturated carbocycles. The molecule has 0 aliphatic carbocycles. The van der Waals surface area contributed by atoms with Gasteiger partial charge < -0.3 is 0 Å². The van der Waals surface area contributed by atoms with Gasteiger partial charge in [-0.05, 0) is 0 Å². The van der Waals surface area contributed by atoms with Gasteiger partial charge in [-0.25, -0.2) is 0 Å². The fraction of sp³-hybridized carbons (Fsp3) is 0.500. The van der Waals surface area contributed by atoms with Crippen LogP contribution in [0, 0.1) is 0 Å². The van der Waals surface area contributed by atoms with Crippen LogP contribution in [-0.2, 0) is 19.2 Å². The molecule has 0 fully saturated rings. The molecule has 8 heteroatoms. The molecule has 1 heterocycles. The number of nitrogens with one attached hydrogen (secondary N) is 2. The fourth-order valence-corrected chi connectivity index (χ4v) is 1.90. The number of hydrogen-bond donors (Lipinski definition) is 2. The van der Waals surface area contributed by atoms with Crippen molar-refractivity contribution < 1.29 is 19.2 Å². The molecule has 2 N–H and O–H groups in total. The third kappa shape index (κ3) is 5.39. The SMILES string of the molecule is CC([CH2][Pb])NC(=O)CCNC(=O)CN1C(=O)C=CC1=O. The van der Waals surface area contributed by atoms with Gasteiger partial charge in [0.15, 0.2) is 0 Å². The summed E-state index contributed by atoms with van der Waals surface area (Å²) in [7, 11) is 0. The third-order valence-corrected chi connectivity index (χ3v) is 4.97. The van der Waals surface area contributed by atoms with E-state index in [0.717, 1.165) is 46.8 Å². The molecule has 1 aliphatic heterocycles. The summed E-state index contributed by atoms with van der Waals surface area (Å²) in [6, 6.07) is 0.163. The molecule has 0 saturated heterocycles. The van der Waals surface area contributed by atoms with Crippen molar-refractivity contribution >= 4 is 49.4 Å². The zero-order chi connectivity index (χ0) is 15.1. The van der Waals surface area contributed by atoms with Crippen LogP contribution in [0.2, 0.25) is 3.98 Å². The molecule has 7 nitrogen and oxygen atoms in total. The third-order valence-electron chi connectivity index (χ3n) is 2.59. The van der Waals surface area contributed by atoms with Crippen LogP contribution in [-0.4, -0.2) is 73.4 Å². The van der Waals surface area contributed by atoms with Crippen molar-refractivity contribution in [2.24, 2.45) is 0 Å². The summed E-state index contributed by atoms with van der Waals surface area (Å²) in [6.07, 6.45) is 2.43. The van der Waals surface area contributed by atoms with E-state index in [0.29, 0.717) is 0 Å². The van der Waals surface area contributed by atoms with E-state index in [1.165, 1.54) is 0 Å². The Balaban J connectivity index is 2.22. The molecule has 1 aliphatic rings. The Labute approximate surface area is 132 Å². The van der Waals surface area contributed by atoms with Gasteiger partial charge in [0.2, 0.25) is 0 Å². The molecule has 4 amide bonds. The molecular weight excluding hydrogens is 457 g/mol. The standard InChI is InChI=1S/C12H16N3O4.Pb/c1-8(2)14-9(16)5-6-13-10(17)7-15-11(18)3-4-12(15)19;/h3-4,8H,1,5-7H2,2H3,(H,13,17)(H,14,16);. The molecule has 1 rings (SSSR count). The molecule has 0 aromatic rings. The summed E-state index contributed by atoms with van der Waals surface area (Å²) in [5.41, 5.74) is 0. The van der Waals surface area contributed by atoms with Crippen LogP contribution in [0.3, 0.4) is 0 Å². The van der Waals surface area contributed by atoms with Gasteiger partial charge in [0.1, 0.15) is 0 Å². The summed E-state index contributed by atoms with van der Waals surface area (Å²) in [5, 5.41) is 5.31. The van der Waals surface area contributed by atoms with E-state index in [4.69, 9.17) is 0 Å². The molecule has 0 aromatic carbocycles. The maximum absolute atomic E-state index is 11.5. The Kier molecular flexibility index (Phi) is 6.82.